The molecule has 1 aromatic heterocycles. The molecule has 3 rings (SSSR count). The van der Waals surface area contributed by atoms with Crippen LogP contribution in [0.15, 0.2) is 42.5 Å². The minimum absolute atomic E-state index is 0.478. The molecule has 5 heteroatoms. The third-order valence-corrected chi connectivity index (χ3v) is 3.42. The number of nitrogens with zero attached hydrogens (tertiary/aromatic N) is 1. The third-order valence-electron chi connectivity index (χ3n) is 3.42. The van der Waals surface area contributed by atoms with E-state index >= 15 is 0 Å². The van der Waals surface area contributed by atoms with E-state index in [-0.39, 0.29) is 0 Å². The molecule has 108 valence electrons. The number of para-hydroxylation sites is 1. The number of H-pyrrole nitrogens is 1. The van der Waals surface area contributed by atoms with E-state index in [9.17, 15) is 13.2 Å². The van der Waals surface area contributed by atoms with Crippen LogP contribution in [0.2, 0.25) is 0 Å². The van der Waals surface area contributed by atoms with Gasteiger partial charge in [-0.3, -0.25) is 0 Å². The van der Waals surface area contributed by atoms with Crippen molar-refractivity contribution in [2.75, 3.05) is 0 Å². The molecule has 1 heterocycles. The van der Waals surface area contributed by atoms with Crippen LogP contribution >= 0.6 is 0 Å². The number of imidazole rings is 1. The average Bonchev–Trinajstić information content (AvgIpc) is 2.82. The van der Waals surface area contributed by atoms with Crippen LogP contribution in [0.4, 0.5) is 13.2 Å². The topological polar surface area (TPSA) is 28.7 Å². The van der Waals surface area contributed by atoms with Gasteiger partial charge in [0, 0.05) is 6.42 Å². The number of rotatable bonds is 2. The molecule has 1 N–H and O–H groups in total. The molecule has 21 heavy (non-hydrogen) atoms. The Balaban J connectivity index is 1.87. The first kappa shape index (κ1) is 13.7. The van der Waals surface area contributed by atoms with Crippen molar-refractivity contribution in [2.24, 2.45) is 0 Å². The van der Waals surface area contributed by atoms with E-state index in [0.717, 1.165) is 40.1 Å². The van der Waals surface area contributed by atoms with Gasteiger partial charge in [0.25, 0.3) is 0 Å². The summed E-state index contributed by atoms with van der Waals surface area (Å²) in [5.41, 5.74) is 3.07. The summed E-state index contributed by atoms with van der Waals surface area (Å²) in [4.78, 5) is 7.70. The molecule has 2 nitrogen and oxygen atoms in total. The first-order valence-corrected chi connectivity index (χ1v) is 6.54. The van der Waals surface area contributed by atoms with E-state index in [1.807, 2.05) is 25.1 Å². The predicted molar refractivity (Wildman–Crippen MR) is 75.1 cm³/mol. The highest BCUT2D eigenvalue weighted by molar-refractivity contribution is 5.78. The van der Waals surface area contributed by atoms with Crippen LogP contribution in [0, 0.1) is 6.92 Å². The molecule has 0 radical (unpaired) electrons. The van der Waals surface area contributed by atoms with Gasteiger partial charge < -0.3 is 4.98 Å². The smallest absolute Gasteiger partial charge is 0.342 e. The lowest BCUT2D eigenvalue weighted by atomic mass is 10.1. The van der Waals surface area contributed by atoms with Crippen molar-refractivity contribution >= 4 is 11.0 Å². The lowest BCUT2D eigenvalue weighted by Crippen LogP contribution is -2.04. The molecule has 0 aliphatic heterocycles. The molecule has 0 saturated carbocycles. The minimum Gasteiger partial charge on any atom is -0.342 e. The summed E-state index contributed by atoms with van der Waals surface area (Å²) in [6.45, 7) is 1.98. The standard InChI is InChI=1S/C16H13F3N2/c1-10-3-2-4-13-15(10)21-14(20-13)9-11-5-7-12(8-6-11)16(17,18)19/h2-8H,9H2,1H3,(H,20,21). The highest BCUT2D eigenvalue weighted by Gasteiger charge is 2.29. The Bertz CT molecular complexity index is 770. The fraction of sp³-hybridized carbons (Fsp3) is 0.188. The fourth-order valence-electron chi connectivity index (χ4n) is 2.32. The summed E-state index contributed by atoms with van der Waals surface area (Å²) in [6, 6.07) is 11.0. The second-order valence-electron chi connectivity index (χ2n) is 5.03. The van der Waals surface area contributed by atoms with Crippen LogP contribution in [0.3, 0.4) is 0 Å². The molecule has 0 saturated heterocycles. The van der Waals surface area contributed by atoms with E-state index in [2.05, 4.69) is 9.97 Å². The maximum absolute atomic E-state index is 12.5. The van der Waals surface area contributed by atoms with Gasteiger partial charge in [-0.15, -0.1) is 0 Å². The second-order valence-corrected chi connectivity index (χ2v) is 5.03. The molecule has 0 aliphatic carbocycles. The van der Waals surface area contributed by atoms with Gasteiger partial charge in [0.2, 0.25) is 0 Å². The first-order chi connectivity index (χ1) is 9.93. The Morgan fingerprint density at radius 2 is 1.76 bits per heavy atom. The van der Waals surface area contributed by atoms with E-state index in [1.54, 1.807) is 0 Å². The molecule has 0 atom stereocenters. The molecule has 0 aliphatic rings. The molecule has 3 aromatic rings. The van der Waals surface area contributed by atoms with E-state index in [4.69, 9.17) is 0 Å². The van der Waals surface area contributed by atoms with Gasteiger partial charge in [-0.1, -0.05) is 24.3 Å². The van der Waals surface area contributed by atoms with Crippen LogP contribution in [-0.2, 0) is 12.6 Å². The Morgan fingerprint density at radius 1 is 1.05 bits per heavy atom. The zero-order valence-corrected chi connectivity index (χ0v) is 11.3. The number of benzene rings is 2. The quantitative estimate of drug-likeness (QED) is 0.740. The van der Waals surface area contributed by atoms with Gasteiger partial charge in [0.05, 0.1) is 16.6 Å². The number of hydrogen-bond acceptors (Lipinski definition) is 1. The summed E-state index contributed by atoms with van der Waals surface area (Å²) < 4.78 is 37.5. The van der Waals surface area contributed by atoms with Crippen molar-refractivity contribution in [3.05, 3.63) is 65.0 Å². The SMILES string of the molecule is Cc1cccc2[nH]c(Cc3ccc(C(F)(F)F)cc3)nc12. The van der Waals surface area contributed by atoms with Crippen LogP contribution in [0.1, 0.15) is 22.5 Å². The number of hydrogen-bond donors (Lipinski definition) is 1. The van der Waals surface area contributed by atoms with E-state index in [1.165, 1.54) is 12.1 Å². The lowest BCUT2D eigenvalue weighted by molar-refractivity contribution is -0.137. The number of aromatic nitrogens is 2. The number of nitrogens with one attached hydrogen (secondary N) is 1. The first-order valence-electron chi connectivity index (χ1n) is 6.54. The van der Waals surface area contributed by atoms with Crippen LogP contribution in [0.5, 0.6) is 0 Å². The molecule has 0 amide bonds. The summed E-state index contributed by atoms with van der Waals surface area (Å²) in [7, 11) is 0. The predicted octanol–water partition coefficient (Wildman–Crippen LogP) is 4.48. The molecule has 0 spiro atoms. The van der Waals surface area contributed by atoms with Gasteiger partial charge >= 0.3 is 6.18 Å². The highest BCUT2D eigenvalue weighted by Crippen LogP contribution is 2.29. The van der Waals surface area contributed by atoms with Gasteiger partial charge in [0.15, 0.2) is 0 Å². The number of aromatic amines is 1. The van der Waals surface area contributed by atoms with Gasteiger partial charge in [-0.25, -0.2) is 4.98 Å². The largest absolute Gasteiger partial charge is 0.416 e. The van der Waals surface area contributed by atoms with Gasteiger partial charge in [-0.05, 0) is 36.2 Å². The van der Waals surface area contributed by atoms with Crippen molar-refractivity contribution in [2.45, 2.75) is 19.5 Å². The normalized spacial score (nSPS) is 12.0. The second kappa shape index (κ2) is 4.91. The van der Waals surface area contributed by atoms with Gasteiger partial charge in [0.1, 0.15) is 5.82 Å². The van der Waals surface area contributed by atoms with Crippen molar-refractivity contribution in [3.8, 4) is 0 Å². The summed E-state index contributed by atoms with van der Waals surface area (Å²) in [5, 5.41) is 0. The summed E-state index contributed by atoms with van der Waals surface area (Å²) in [5.74, 6) is 0.749. The molecular weight excluding hydrogens is 277 g/mol. The molecule has 0 unspecified atom stereocenters. The zero-order chi connectivity index (χ0) is 15.0. The monoisotopic (exact) mass is 290 g/mol. The van der Waals surface area contributed by atoms with Crippen LogP contribution in [0.25, 0.3) is 11.0 Å². The Hall–Kier alpha value is -2.30. The zero-order valence-electron chi connectivity index (χ0n) is 11.3. The van der Waals surface area contributed by atoms with Crippen molar-refractivity contribution < 1.29 is 13.2 Å². The average molecular weight is 290 g/mol. The minimum atomic E-state index is -4.30. The Morgan fingerprint density at radius 3 is 2.38 bits per heavy atom. The van der Waals surface area contributed by atoms with Gasteiger partial charge in [-0.2, -0.15) is 13.2 Å². The van der Waals surface area contributed by atoms with Crippen molar-refractivity contribution in [3.63, 3.8) is 0 Å². The van der Waals surface area contributed by atoms with Crippen LogP contribution in [-0.4, -0.2) is 9.97 Å². The number of alkyl halides is 3. The maximum atomic E-state index is 12.5. The van der Waals surface area contributed by atoms with Crippen molar-refractivity contribution in [1.82, 2.24) is 9.97 Å². The number of halogens is 3. The number of aryl methyl sites for hydroxylation is 1. The molecule has 0 bridgehead atoms. The lowest BCUT2D eigenvalue weighted by Gasteiger charge is -2.06. The molecule has 2 aromatic carbocycles. The highest BCUT2D eigenvalue weighted by atomic mass is 19.4. The Kier molecular flexibility index (Phi) is 3.20. The Labute approximate surface area is 119 Å². The van der Waals surface area contributed by atoms with Crippen LogP contribution < -0.4 is 0 Å². The number of fused-ring (bicyclic) bond motifs is 1. The van der Waals surface area contributed by atoms with E-state index < -0.39 is 11.7 Å². The molecule has 0 fully saturated rings. The third kappa shape index (κ3) is 2.77. The fourth-order valence-corrected chi connectivity index (χ4v) is 2.32. The molecular formula is C16H13F3N2. The maximum Gasteiger partial charge on any atom is 0.416 e. The summed E-state index contributed by atoms with van der Waals surface area (Å²) in [6.07, 6.45) is -3.82. The van der Waals surface area contributed by atoms with E-state index in [0.29, 0.717) is 6.42 Å². The summed E-state index contributed by atoms with van der Waals surface area (Å²) >= 11 is 0. The van der Waals surface area contributed by atoms with Crippen molar-refractivity contribution in [1.29, 1.82) is 0 Å².